The summed E-state index contributed by atoms with van der Waals surface area (Å²) in [7, 11) is -2.41. The van der Waals surface area contributed by atoms with Crippen LogP contribution in [0.1, 0.15) is 11.1 Å². The average molecular weight is 517 g/mol. The normalized spacial score (nSPS) is 12.0. The van der Waals surface area contributed by atoms with Gasteiger partial charge in [-0.25, -0.2) is 8.42 Å². The predicted molar refractivity (Wildman–Crippen MR) is 131 cm³/mol. The number of aryl methyl sites for hydroxylation is 2. The molecule has 4 rings (SSSR count). The smallest absolute Gasteiger partial charge is 0.259 e. The summed E-state index contributed by atoms with van der Waals surface area (Å²) >= 11 is 0. The third-order valence-electron chi connectivity index (χ3n) is 5.49. The third kappa shape index (κ3) is 5.41. The van der Waals surface area contributed by atoms with E-state index in [0.717, 1.165) is 5.56 Å². The summed E-state index contributed by atoms with van der Waals surface area (Å²) in [5.41, 5.74) is 1.42. The van der Waals surface area contributed by atoms with Crippen molar-refractivity contribution < 1.29 is 27.4 Å². The maximum atomic E-state index is 13.4. The maximum Gasteiger partial charge on any atom is 0.259 e. The number of hydrogen-bond acceptors (Lipinski definition) is 9. The molecule has 0 aliphatic rings. The van der Waals surface area contributed by atoms with Gasteiger partial charge in [0.25, 0.3) is 5.56 Å². The van der Waals surface area contributed by atoms with E-state index >= 15 is 0 Å². The van der Waals surface area contributed by atoms with Crippen LogP contribution in [0, 0.1) is 13.8 Å². The molecule has 11 nitrogen and oxygen atoms in total. The molecule has 192 valence electrons. The van der Waals surface area contributed by atoms with Gasteiger partial charge in [-0.2, -0.15) is 4.52 Å². The third-order valence-corrected chi connectivity index (χ3v) is 7.31. The first-order valence-electron chi connectivity index (χ1n) is 11.3. The minimum atomic E-state index is -4.03. The number of methoxy groups -OCH3 is 1. The highest BCUT2D eigenvalue weighted by atomic mass is 32.2. The van der Waals surface area contributed by atoms with Crippen LogP contribution in [0.25, 0.3) is 16.6 Å². The molecule has 0 aliphatic heterocycles. The van der Waals surface area contributed by atoms with Gasteiger partial charge in [-0.05, 0) is 37.6 Å². The van der Waals surface area contributed by atoms with E-state index in [1.807, 2.05) is 6.92 Å². The van der Waals surface area contributed by atoms with Crippen molar-refractivity contribution in [1.29, 1.82) is 0 Å². The van der Waals surface area contributed by atoms with Crippen molar-refractivity contribution in [3.8, 4) is 5.75 Å². The number of H-pyrrole nitrogens is 1. The second-order valence-corrected chi connectivity index (χ2v) is 9.96. The van der Waals surface area contributed by atoms with E-state index in [-0.39, 0.29) is 22.2 Å². The molecular weight excluding hydrogens is 488 g/mol. The van der Waals surface area contributed by atoms with Gasteiger partial charge in [0.2, 0.25) is 14.9 Å². The molecule has 0 amide bonds. The Labute approximate surface area is 207 Å². The molecule has 36 heavy (non-hydrogen) atoms. The van der Waals surface area contributed by atoms with Crippen molar-refractivity contribution in [2.24, 2.45) is 0 Å². The Bertz CT molecular complexity index is 1530. The molecule has 2 aromatic carbocycles. The van der Waals surface area contributed by atoms with Crippen LogP contribution in [0.2, 0.25) is 0 Å². The van der Waals surface area contributed by atoms with Crippen LogP contribution >= 0.6 is 0 Å². The second kappa shape index (κ2) is 11.2. The summed E-state index contributed by atoms with van der Waals surface area (Å²) in [4.78, 5) is 15.5. The number of aromatic amines is 1. The van der Waals surface area contributed by atoms with Gasteiger partial charge in [-0.1, -0.05) is 22.9 Å². The lowest BCUT2D eigenvalue weighted by Gasteiger charge is -2.09. The first-order valence-corrected chi connectivity index (χ1v) is 12.8. The van der Waals surface area contributed by atoms with Crippen molar-refractivity contribution >= 4 is 26.4 Å². The fraction of sp³-hybridized carbons (Fsp3) is 0.375. The lowest BCUT2D eigenvalue weighted by Crippen LogP contribution is -2.13. The quantitative estimate of drug-likeness (QED) is 0.281. The Kier molecular flexibility index (Phi) is 7.99. The molecule has 4 aromatic rings. The molecule has 0 bridgehead atoms. The first-order chi connectivity index (χ1) is 17.3. The number of hydrogen-bond donors (Lipinski definition) is 1. The zero-order valence-electron chi connectivity index (χ0n) is 20.3. The van der Waals surface area contributed by atoms with Gasteiger partial charge in [0.15, 0.2) is 5.65 Å². The predicted octanol–water partition coefficient (Wildman–Crippen LogP) is 2.08. The highest BCUT2D eigenvalue weighted by Crippen LogP contribution is 2.27. The van der Waals surface area contributed by atoms with Gasteiger partial charge in [0.1, 0.15) is 12.4 Å². The van der Waals surface area contributed by atoms with E-state index in [1.165, 1.54) is 10.6 Å². The molecular formula is C24H28N4O7S. The number of aromatic nitrogens is 4. The molecule has 1 N–H and O–H groups in total. The Morgan fingerprint density at radius 1 is 0.944 bits per heavy atom. The number of nitrogens with one attached hydrogen (secondary N) is 1. The average Bonchev–Trinajstić information content (AvgIpc) is 3.27. The fourth-order valence-electron chi connectivity index (χ4n) is 3.76. The van der Waals surface area contributed by atoms with Crippen molar-refractivity contribution in [1.82, 2.24) is 19.8 Å². The summed E-state index contributed by atoms with van der Waals surface area (Å²) in [5.74, 6) is 0.476. The summed E-state index contributed by atoms with van der Waals surface area (Å²) in [6.07, 6.45) is 0. The van der Waals surface area contributed by atoms with Crippen LogP contribution in [-0.4, -0.2) is 75.0 Å². The number of fused-ring (bicyclic) bond motifs is 3. The number of nitrogens with zero attached hydrogens (tertiary/aromatic N) is 3. The van der Waals surface area contributed by atoms with Crippen molar-refractivity contribution in [2.75, 3.05) is 46.8 Å². The van der Waals surface area contributed by atoms with E-state index in [1.54, 1.807) is 44.4 Å². The molecule has 0 radical (unpaired) electrons. The summed E-state index contributed by atoms with van der Waals surface area (Å²) in [5, 5.41) is 7.96. The van der Waals surface area contributed by atoms with Crippen LogP contribution in [0.5, 0.6) is 5.75 Å². The van der Waals surface area contributed by atoms with Crippen LogP contribution in [0.3, 0.4) is 0 Å². The van der Waals surface area contributed by atoms with Crippen molar-refractivity contribution in [3.05, 3.63) is 57.9 Å². The largest absolute Gasteiger partial charge is 0.491 e. The zero-order chi connectivity index (χ0) is 25.7. The Balaban J connectivity index is 1.55. The summed E-state index contributed by atoms with van der Waals surface area (Å²) in [6, 6.07) is 9.89. The van der Waals surface area contributed by atoms with Gasteiger partial charge in [0.05, 0.1) is 48.8 Å². The molecule has 2 heterocycles. The minimum Gasteiger partial charge on any atom is -0.491 e. The van der Waals surface area contributed by atoms with E-state index in [9.17, 15) is 13.2 Å². The molecule has 12 heteroatoms. The van der Waals surface area contributed by atoms with Gasteiger partial charge < -0.3 is 23.9 Å². The molecule has 0 atom stereocenters. The lowest BCUT2D eigenvalue weighted by molar-refractivity contribution is 0.0180. The van der Waals surface area contributed by atoms with Gasteiger partial charge >= 0.3 is 0 Å². The molecule has 0 saturated heterocycles. The maximum absolute atomic E-state index is 13.4. The highest BCUT2D eigenvalue weighted by molar-refractivity contribution is 7.91. The highest BCUT2D eigenvalue weighted by Gasteiger charge is 2.27. The van der Waals surface area contributed by atoms with E-state index < -0.39 is 15.4 Å². The van der Waals surface area contributed by atoms with Crippen LogP contribution in [-0.2, 0) is 24.0 Å². The Morgan fingerprint density at radius 2 is 1.67 bits per heavy atom. The number of sulfone groups is 1. The minimum absolute atomic E-state index is 0.0126. The SMILES string of the molecule is COCCOCCOCCOc1ccc2c(=O)[nH]c3c(S(=O)(=O)c4ccc(C)cc4C)nnn3c2c1. The number of rotatable bonds is 12. The summed E-state index contributed by atoms with van der Waals surface area (Å²) in [6.45, 7) is 6.15. The number of ether oxygens (including phenoxy) is 4. The second-order valence-electron chi connectivity index (χ2n) is 8.13. The zero-order valence-corrected chi connectivity index (χ0v) is 21.1. The molecule has 0 saturated carbocycles. The van der Waals surface area contributed by atoms with Gasteiger partial charge in [-0.15, -0.1) is 5.10 Å². The van der Waals surface area contributed by atoms with Crippen LogP contribution in [0.15, 0.2) is 51.1 Å². The fourth-order valence-corrected chi connectivity index (χ4v) is 5.23. The van der Waals surface area contributed by atoms with E-state index in [4.69, 9.17) is 18.9 Å². The first kappa shape index (κ1) is 25.8. The molecule has 0 fully saturated rings. The standard InChI is InChI=1S/C24H28N4O7S/c1-16-4-7-21(17(2)14-16)36(30,31)24-22-25-23(29)19-6-5-18(15-20(19)28(22)27-26-24)35-13-12-34-11-10-33-9-8-32-3/h4-7,14-15H,8-13H2,1-3H3,(H,25,29). The van der Waals surface area contributed by atoms with E-state index in [2.05, 4.69) is 15.3 Å². The van der Waals surface area contributed by atoms with E-state index in [0.29, 0.717) is 55.3 Å². The topological polar surface area (TPSA) is 134 Å². The summed E-state index contributed by atoms with van der Waals surface area (Å²) < 4.78 is 49.5. The Hall–Kier alpha value is -3.32. The number of benzene rings is 2. The van der Waals surface area contributed by atoms with Crippen molar-refractivity contribution in [3.63, 3.8) is 0 Å². The Morgan fingerprint density at radius 3 is 2.39 bits per heavy atom. The lowest BCUT2D eigenvalue weighted by atomic mass is 10.2. The molecule has 0 spiro atoms. The van der Waals surface area contributed by atoms with Gasteiger partial charge in [0, 0.05) is 13.2 Å². The molecule has 0 aliphatic carbocycles. The van der Waals surface area contributed by atoms with Crippen molar-refractivity contribution in [2.45, 2.75) is 23.8 Å². The van der Waals surface area contributed by atoms with Gasteiger partial charge in [-0.3, -0.25) is 4.79 Å². The molecule has 2 aromatic heterocycles. The van der Waals surface area contributed by atoms with Crippen LogP contribution in [0.4, 0.5) is 0 Å². The monoisotopic (exact) mass is 516 g/mol. The molecule has 0 unspecified atom stereocenters. The van der Waals surface area contributed by atoms with Crippen LogP contribution < -0.4 is 10.3 Å².